The predicted molar refractivity (Wildman–Crippen MR) is 257 cm³/mol. The number of halogens is 2. The number of benzene rings is 7. The van der Waals surface area contributed by atoms with Crippen molar-refractivity contribution in [2.75, 3.05) is 13.1 Å². The van der Waals surface area contributed by atoms with Crippen molar-refractivity contribution in [3.05, 3.63) is 230 Å². The summed E-state index contributed by atoms with van der Waals surface area (Å²) in [6.45, 7) is 2.33. The Labute approximate surface area is 394 Å². The molecule has 2 atom stereocenters. The molecule has 9 nitrogen and oxygen atoms in total. The molecule has 11 heteroatoms. The van der Waals surface area contributed by atoms with Crippen molar-refractivity contribution in [3.8, 4) is 17.2 Å². The molecular formula is C55H48Cl2N2O7. The second kappa shape index (κ2) is 22.3. The summed E-state index contributed by atoms with van der Waals surface area (Å²) in [4.78, 5) is 45.5. The minimum Gasteiger partial charge on any atom is -0.489 e. The fraction of sp³-hybridized carbons (Fsp3) is 0.182. The van der Waals surface area contributed by atoms with Gasteiger partial charge in [0.25, 0.3) is 5.91 Å². The van der Waals surface area contributed by atoms with Crippen LogP contribution < -0.4 is 19.5 Å². The molecule has 1 saturated heterocycles. The van der Waals surface area contributed by atoms with E-state index in [0.29, 0.717) is 43.9 Å². The van der Waals surface area contributed by atoms with Crippen molar-refractivity contribution < 1.29 is 33.3 Å². The van der Waals surface area contributed by atoms with Gasteiger partial charge in [0.15, 0.2) is 0 Å². The van der Waals surface area contributed by atoms with Gasteiger partial charge in [-0.1, -0.05) is 151 Å². The predicted octanol–water partition coefficient (Wildman–Crippen LogP) is 11.6. The highest BCUT2D eigenvalue weighted by Crippen LogP contribution is 2.38. The van der Waals surface area contributed by atoms with Crippen molar-refractivity contribution in [3.63, 3.8) is 0 Å². The van der Waals surface area contributed by atoms with Gasteiger partial charge in [0, 0.05) is 18.7 Å². The molecule has 0 aliphatic carbocycles. The summed E-state index contributed by atoms with van der Waals surface area (Å²) in [7, 11) is 0. The van der Waals surface area contributed by atoms with Crippen LogP contribution in [0.4, 0.5) is 0 Å². The van der Waals surface area contributed by atoms with E-state index in [4.69, 9.17) is 42.1 Å². The number of carbonyl (C=O) groups excluding carboxylic acids is 3. The highest BCUT2D eigenvalue weighted by molar-refractivity contribution is 6.41. The van der Waals surface area contributed by atoms with Crippen LogP contribution in [-0.2, 0) is 31.1 Å². The monoisotopic (exact) mass is 918 g/mol. The molecule has 0 aromatic heterocycles. The fourth-order valence-corrected chi connectivity index (χ4v) is 8.41. The van der Waals surface area contributed by atoms with E-state index in [1.807, 2.05) is 109 Å². The number of nitrogens with one attached hydrogen (secondary N) is 1. The lowest BCUT2D eigenvalue weighted by Gasteiger charge is -2.29. The molecule has 0 radical (unpaired) electrons. The number of nitrogens with zero attached hydrogens (tertiary/aromatic N) is 1. The van der Waals surface area contributed by atoms with Gasteiger partial charge in [0.2, 0.25) is 5.78 Å². The Morgan fingerprint density at radius 2 is 1.06 bits per heavy atom. The van der Waals surface area contributed by atoms with E-state index < -0.39 is 23.9 Å². The van der Waals surface area contributed by atoms with E-state index in [0.717, 1.165) is 28.8 Å². The molecule has 1 amide bonds. The second-order valence-electron chi connectivity index (χ2n) is 16.0. The number of hydrogen-bond donors (Lipinski definition) is 1. The zero-order chi connectivity index (χ0) is 45.7. The molecular weight excluding hydrogens is 872 g/mol. The molecule has 1 N–H and O–H groups in total. The molecule has 7 aromatic rings. The fourth-order valence-electron chi connectivity index (χ4n) is 7.84. The second-order valence-corrected chi connectivity index (χ2v) is 16.8. The van der Waals surface area contributed by atoms with Crippen LogP contribution in [0.15, 0.2) is 176 Å². The minimum absolute atomic E-state index is 0.0426. The molecule has 66 heavy (non-hydrogen) atoms. The number of rotatable bonds is 17. The molecule has 1 fully saturated rings. The Bertz CT molecular complexity index is 2640. The number of esters is 1. The molecule has 1 aliphatic rings. The van der Waals surface area contributed by atoms with Crippen LogP contribution in [0.25, 0.3) is 0 Å². The van der Waals surface area contributed by atoms with Gasteiger partial charge in [-0.25, -0.2) is 4.79 Å². The van der Waals surface area contributed by atoms with Crippen LogP contribution in [0, 0.1) is 0 Å². The standard InChI is InChI=1S/C55H48Cl2N2O7/c56-45-23-13-24-46(57)51(45)53(60)52-49(64-36-40-19-9-3-10-20-40)31-43(32-50(52)65-37-41-21-11-4-12-22-41)55(62)66-48-25-14-30-59(33-38-15-5-1-6-16-38)34-47(48)58-54(61)42-26-28-44(29-27-42)63-35-39-17-7-2-8-18-39/h1-13,15-24,26-29,31-32,47-48H,14,25,30,33-37H2,(H,58,61)/t47-,48-/m1/s1. The molecule has 8 rings (SSSR count). The summed E-state index contributed by atoms with van der Waals surface area (Å²) in [6, 6.07) is 53.1. The smallest absolute Gasteiger partial charge is 0.338 e. The van der Waals surface area contributed by atoms with Crippen LogP contribution in [0.1, 0.15) is 71.7 Å². The van der Waals surface area contributed by atoms with Crippen LogP contribution in [0.2, 0.25) is 10.0 Å². The van der Waals surface area contributed by atoms with Gasteiger partial charge in [0.1, 0.15) is 48.7 Å². The Morgan fingerprint density at radius 1 is 0.561 bits per heavy atom. The third-order valence-electron chi connectivity index (χ3n) is 11.2. The van der Waals surface area contributed by atoms with Gasteiger partial charge in [-0.15, -0.1) is 0 Å². The summed E-state index contributed by atoms with van der Waals surface area (Å²) in [6.07, 6.45) is 0.458. The molecule has 0 saturated carbocycles. The van der Waals surface area contributed by atoms with Crippen LogP contribution in [0.3, 0.4) is 0 Å². The average molecular weight is 920 g/mol. The number of ether oxygens (including phenoxy) is 4. The summed E-state index contributed by atoms with van der Waals surface area (Å²) in [5.74, 6) is -0.752. The lowest BCUT2D eigenvalue weighted by atomic mass is 9.99. The van der Waals surface area contributed by atoms with E-state index in [-0.39, 0.29) is 57.4 Å². The molecule has 1 heterocycles. The first-order valence-corrected chi connectivity index (χ1v) is 22.6. The number of ketones is 1. The Kier molecular flexibility index (Phi) is 15.4. The molecule has 0 bridgehead atoms. The topological polar surface area (TPSA) is 103 Å². The van der Waals surface area contributed by atoms with Gasteiger partial charge >= 0.3 is 5.97 Å². The highest BCUT2D eigenvalue weighted by atomic mass is 35.5. The zero-order valence-electron chi connectivity index (χ0n) is 36.1. The SMILES string of the molecule is O=C(N[C@@H]1CN(Cc2ccccc2)CCC[C@H]1OC(=O)c1cc(OCc2ccccc2)c(C(=O)c2c(Cl)cccc2Cl)c(OCc2ccccc2)c1)c1ccc(OCc2ccccc2)cc1. The molecule has 334 valence electrons. The summed E-state index contributed by atoms with van der Waals surface area (Å²) >= 11 is 13.2. The third kappa shape index (κ3) is 12.0. The minimum atomic E-state index is -0.721. The third-order valence-corrected chi connectivity index (χ3v) is 11.9. The van der Waals surface area contributed by atoms with Crippen LogP contribution >= 0.6 is 23.2 Å². The first kappa shape index (κ1) is 45.7. The van der Waals surface area contributed by atoms with Gasteiger partial charge in [-0.05, 0) is 90.2 Å². The molecule has 1 aliphatic heterocycles. The van der Waals surface area contributed by atoms with E-state index in [2.05, 4.69) is 22.3 Å². The molecule has 7 aromatic carbocycles. The van der Waals surface area contributed by atoms with Crippen molar-refractivity contribution in [1.82, 2.24) is 10.2 Å². The van der Waals surface area contributed by atoms with Crippen molar-refractivity contribution >= 4 is 40.9 Å². The van der Waals surface area contributed by atoms with E-state index in [1.54, 1.807) is 42.5 Å². The number of hydrogen-bond acceptors (Lipinski definition) is 8. The quantitative estimate of drug-likeness (QED) is 0.0712. The van der Waals surface area contributed by atoms with Gasteiger partial charge < -0.3 is 24.3 Å². The zero-order valence-corrected chi connectivity index (χ0v) is 37.6. The maximum Gasteiger partial charge on any atom is 0.338 e. The first-order chi connectivity index (χ1) is 32.3. The Morgan fingerprint density at radius 3 is 1.59 bits per heavy atom. The lowest BCUT2D eigenvalue weighted by molar-refractivity contribution is 0.0174. The maximum absolute atomic E-state index is 14.6. The molecule has 0 spiro atoms. The van der Waals surface area contributed by atoms with Crippen molar-refractivity contribution in [2.45, 2.75) is 51.4 Å². The first-order valence-electron chi connectivity index (χ1n) is 21.8. The summed E-state index contributed by atoms with van der Waals surface area (Å²) < 4.78 is 25.2. The van der Waals surface area contributed by atoms with Crippen LogP contribution in [-0.4, -0.2) is 47.8 Å². The van der Waals surface area contributed by atoms with Gasteiger partial charge in [-0.2, -0.15) is 0 Å². The summed E-state index contributed by atoms with van der Waals surface area (Å²) in [5.41, 5.74) is 4.46. The summed E-state index contributed by atoms with van der Waals surface area (Å²) in [5, 5.41) is 3.50. The van der Waals surface area contributed by atoms with Gasteiger partial charge in [-0.3, -0.25) is 14.5 Å². The van der Waals surface area contributed by atoms with E-state index in [1.165, 1.54) is 12.1 Å². The van der Waals surface area contributed by atoms with E-state index >= 15 is 0 Å². The largest absolute Gasteiger partial charge is 0.489 e. The Hall–Kier alpha value is -6.91. The number of carbonyl (C=O) groups is 3. The lowest BCUT2D eigenvalue weighted by Crippen LogP contribution is -2.50. The van der Waals surface area contributed by atoms with E-state index in [9.17, 15) is 14.4 Å². The van der Waals surface area contributed by atoms with Crippen molar-refractivity contribution in [1.29, 1.82) is 0 Å². The average Bonchev–Trinajstić information content (AvgIpc) is 3.53. The van der Waals surface area contributed by atoms with Crippen molar-refractivity contribution in [2.24, 2.45) is 0 Å². The Balaban J connectivity index is 1.10. The number of likely N-dealkylation sites (tertiary alicyclic amines) is 1. The van der Waals surface area contributed by atoms with Gasteiger partial charge in [0.05, 0.1) is 27.2 Å². The number of amides is 1. The normalized spacial score (nSPS) is 14.9. The highest BCUT2D eigenvalue weighted by Gasteiger charge is 2.34. The molecule has 0 unspecified atom stereocenters. The van der Waals surface area contributed by atoms with Crippen LogP contribution in [0.5, 0.6) is 17.2 Å². The maximum atomic E-state index is 14.6.